The summed E-state index contributed by atoms with van der Waals surface area (Å²) in [7, 11) is -6.43. The van der Waals surface area contributed by atoms with Crippen LogP contribution in [0.1, 0.15) is 20.3 Å². The van der Waals surface area contributed by atoms with Gasteiger partial charge in [0.05, 0.1) is 13.2 Å². The molecular formula is C5H12I4O8P2. The fourth-order valence-electron chi connectivity index (χ4n) is 0.462. The van der Waals surface area contributed by atoms with Gasteiger partial charge in [-0.1, -0.05) is 6.92 Å². The summed E-state index contributed by atoms with van der Waals surface area (Å²) >= 11 is 5.92. The van der Waals surface area contributed by atoms with Gasteiger partial charge in [-0.3, -0.25) is 9.05 Å². The SMILES string of the molecule is CCCOP(=O)(OI)OI.CCOP(=O)(OI)OI. The molecule has 0 radical (unpaired) electrons. The average molecular weight is 770 g/mol. The summed E-state index contributed by atoms with van der Waals surface area (Å²) in [5.41, 5.74) is 0. The Morgan fingerprint density at radius 2 is 1.16 bits per heavy atom. The van der Waals surface area contributed by atoms with Crippen LogP contribution in [0, 0.1) is 0 Å². The molecule has 0 atom stereocenters. The Labute approximate surface area is 168 Å². The maximum Gasteiger partial charge on any atom is 0.493 e. The van der Waals surface area contributed by atoms with E-state index in [1.807, 2.05) is 6.92 Å². The molecule has 0 saturated heterocycles. The molecule has 14 heteroatoms. The molecule has 0 N–H and O–H groups in total. The minimum Gasteiger partial charge on any atom is -0.286 e. The maximum atomic E-state index is 11.0. The van der Waals surface area contributed by atoms with Gasteiger partial charge in [-0.05, 0) is 13.3 Å². The van der Waals surface area contributed by atoms with Gasteiger partial charge < -0.3 is 0 Å². The summed E-state index contributed by atoms with van der Waals surface area (Å²) < 4.78 is 49.0. The highest BCUT2D eigenvalue weighted by Crippen LogP contribution is 2.53. The number of rotatable bonds is 9. The first-order valence-electron chi connectivity index (χ1n) is 4.57. The zero-order chi connectivity index (χ0) is 15.4. The lowest BCUT2D eigenvalue weighted by molar-refractivity contribution is 0.241. The summed E-state index contributed by atoms with van der Waals surface area (Å²) in [6.07, 6.45) is 0.782. The Kier molecular flexibility index (Phi) is 18.9. The quantitative estimate of drug-likeness (QED) is 0.205. The van der Waals surface area contributed by atoms with Crippen LogP contribution in [0.15, 0.2) is 0 Å². The number of hydrogen-bond donors (Lipinski definition) is 0. The molecule has 0 aliphatic rings. The molecule has 0 amide bonds. The minimum absolute atomic E-state index is 0.309. The van der Waals surface area contributed by atoms with Crippen LogP contribution >= 0.6 is 108 Å². The summed E-state index contributed by atoms with van der Waals surface area (Å²) in [5.74, 6) is 0. The Hall–Kier alpha value is 3.14. The number of hydrogen-bond acceptors (Lipinski definition) is 8. The molecule has 0 unspecified atom stereocenters. The van der Waals surface area contributed by atoms with Gasteiger partial charge in [0.15, 0.2) is 0 Å². The van der Waals surface area contributed by atoms with E-state index in [4.69, 9.17) is 4.52 Å². The van der Waals surface area contributed by atoms with Crippen molar-refractivity contribution in [1.82, 2.24) is 0 Å². The standard InChI is InChI=1S/C3H7I2O4P.C2H5I2O4P/c1-2-3-7-10(6,8-4)9-5;1-2-6-9(5,7-3)8-4/h2-3H2,1H3;2H2,1H3. The van der Waals surface area contributed by atoms with E-state index in [1.54, 1.807) is 6.92 Å². The fourth-order valence-corrected chi connectivity index (χ4v) is 5.56. The fraction of sp³-hybridized carbons (Fsp3) is 1.00. The molecule has 19 heavy (non-hydrogen) atoms. The van der Waals surface area contributed by atoms with Crippen molar-refractivity contribution < 1.29 is 29.6 Å². The van der Waals surface area contributed by atoms with Crippen LogP contribution in [0.4, 0.5) is 0 Å². The molecule has 0 saturated carbocycles. The number of phosphoric acid groups is 2. The summed E-state index contributed by atoms with van der Waals surface area (Å²) in [6.45, 7) is 4.30. The first-order valence-corrected chi connectivity index (χ1v) is 11.0. The zero-order valence-electron chi connectivity index (χ0n) is 9.79. The van der Waals surface area contributed by atoms with Crippen molar-refractivity contribution in [2.75, 3.05) is 13.2 Å². The molecular weight excluding hydrogens is 758 g/mol. The molecule has 0 aromatic rings. The van der Waals surface area contributed by atoms with Crippen LogP contribution in [0.2, 0.25) is 0 Å². The van der Waals surface area contributed by atoms with E-state index < -0.39 is 15.6 Å². The highest BCUT2D eigenvalue weighted by atomic mass is 127. The van der Waals surface area contributed by atoms with Gasteiger partial charge >= 0.3 is 15.6 Å². The van der Waals surface area contributed by atoms with Gasteiger partial charge in [0, 0.05) is 0 Å². The van der Waals surface area contributed by atoms with Crippen molar-refractivity contribution in [1.29, 1.82) is 0 Å². The Bertz CT molecular complexity index is 289. The van der Waals surface area contributed by atoms with Crippen molar-refractivity contribution in [2.24, 2.45) is 0 Å². The Morgan fingerprint density at radius 3 is 1.37 bits per heavy atom. The predicted molar refractivity (Wildman–Crippen MR) is 104 cm³/mol. The zero-order valence-corrected chi connectivity index (χ0v) is 20.2. The largest absolute Gasteiger partial charge is 0.493 e. The molecule has 0 aromatic carbocycles. The third kappa shape index (κ3) is 13.3. The van der Waals surface area contributed by atoms with E-state index in [2.05, 4.69) is 15.9 Å². The van der Waals surface area contributed by atoms with Crippen LogP contribution in [0.5, 0.6) is 0 Å². The van der Waals surface area contributed by atoms with E-state index in [0.717, 1.165) is 6.42 Å². The van der Waals surface area contributed by atoms with E-state index in [1.165, 1.54) is 92.0 Å². The molecule has 0 spiro atoms. The molecule has 0 rings (SSSR count). The van der Waals surface area contributed by atoms with Crippen LogP contribution in [-0.4, -0.2) is 13.2 Å². The second kappa shape index (κ2) is 14.7. The second-order valence-corrected chi connectivity index (χ2v) is 10.0. The second-order valence-electron chi connectivity index (χ2n) is 2.42. The van der Waals surface area contributed by atoms with Gasteiger partial charge in [-0.2, -0.15) is 0 Å². The van der Waals surface area contributed by atoms with Crippen LogP contribution in [0.25, 0.3) is 0 Å². The van der Waals surface area contributed by atoms with Crippen LogP contribution < -0.4 is 0 Å². The van der Waals surface area contributed by atoms with Crippen molar-refractivity contribution >= 4 is 108 Å². The highest BCUT2D eigenvalue weighted by molar-refractivity contribution is 14.1. The Morgan fingerprint density at radius 1 is 0.789 bits per heavy atom. The van der Waals surface area contributed by atoms with Crippen molar-refractivity contribution in [3.8, 4) is 0 Å². The molecule has 0 aliphatic heterocycles. The van der Waals surface area contributed by atoms with Crippen molar-refractivity contribution in [3.63, 3.8) is 0 Å². The monoisotopic (exact) mass is 770 g/mol. The lowest BCUT2D eigenvalue weighted by Gasteiger charge is -2.08. The van der Waals surface area contributed by atoms with Gasteiger partial charge in [-0.25, -0.2) is 20.5 Å². The third-order valence-corrected chi connectivity index (χ3v) is 8.62. The van der Waals surface area contributed by atoms with Crippen LogP contribution in [0.3, 0.4) is 0 Å². The maximum absolute atomic E-state index is 11.0. The molecule has 118 valence electrons. The summed E-state index contributed by atoms with van der Waals surface area (Å²) in [6, 6.07) is 0. The first kappa shape index (κ1) is 24.4. The third-order valence-electron chi connectivity index (χ3n) is 1.08. The lowest BCUT2D eigenvalue weighted by atomic mass is 10.5. The van der Waals surface area contributed by atoms with E-state index in [0.29, 0.717) is 13.2 Å². The van der Waals surface area contributed by atoms with Crippen LogP contribution in [-0.2, 0) is 29.6 Å². The number of halogens is 4. The van der Waals surface area contributed by atoms with Gasteiger partial charge in [0.1, 0.15) is 92.0 Å². The molecule has 0 bridgehead atoms. The molecule has 8 nitrogen and oxygen atoms in total. The van der Waals surface area contributed by atoms with Gasteiger partial charge in [0.2, 0.25) is 0 Å². The van der Waals surface area contributed by atoms with Crippen molar-refractivity contribution in [2.45, 2.75) is 20.3 Å². The van der Waals surface area contributed by atoms with E-state index >= 15 is 0 Å². The predicted octanol–water partition coefficient (Wildman–Crippen LogP) is 6.12. The molecule has 0 aliphatic carbocycles. The summed E-state index contributed by atoms with van der Waals surface area (Å²) in [5, 5.41) is 0. The summed E-state index contributed by atoms with van der Waals surface area (Å²) in [4.78, 5) is 0. The lowest BCUT2D eigenvalue weighted by Crippen LogP contribution is -1.90. The normalized spacial score (nSPS) is 11.9. The molecule has 0 heterocycles. The topological polar surface area (TPSA) is 89.5 Å². The first-order chi connectivity index (χ1) is 8.86. The van der Waals surface area contributed by atoms with E-state index in [9.17, 15) is 9.13 Å². The minimum atomic E-state index is -3.22. The smallest absolute Gasteiger partial charge is 0.286 e. The average Bonchev–Trinajstić information content (AvgIpc) is 2.45. The molecule has 0 fully saturated rings. The molecule has 0 aromatic heterocycles. The van der Waals surface area contributed by atoms with Gasteiger partial charge in [0.25, 0.3) is 0 Å². The van der Waals surface area contributed by atoms with Crippen molar-refractivity contribution in [3.05, 3.63) is 0 Å². The van der Waals surface area contributed by atoms with Gasteiger partial charge in [-0.15, -0.1) is 0 Å². The van der Waals surface area contributed by atoms with E-state index in [-0.39, 0.29) is 0 Å². The highest BCUT2D eigenvalue weighted by Gasteiger charge is 2.24. The Balaban J connectivity index is 0.